The van der Waals surface area contributed by atoms with Crippen LogP contribution in [0.3, 0.4) is 0 Å². The molecule has 0 spiro atoms. The molecular weight excluding hydrogens is 191 g/mol. The van der Waals surface area contributed by atoms with Gasteiger partial charge >= 0.3 is 18.0 Å². The number of H-pyrrole nitrogens is 1. The minimum Gasteiger partial charge on any atom is -0.342 e. The van der Waals surface area contributed by atoms with Crippen LogP contribution in [-0.2, 0) is 0 Å². The summed E-state index contributed by atoms with van der Waals surface area (Å²) in [5, 5.41) is 0. The van der Waals surface area contributed by atoms with Gasteiger partial charge < -0.3 is 4.98 Å². The molecule has 5 heteroatoms. The number of hydrogen-bond donors (Lipinski definition) is 1. The Kier molecular flexibility index (Phi) is 2.02. The van der Waals surface area contributed by atoms with E-state index >= 15 is 0 Å². The zero-order valence-corrected chi connectivity index (χ0v) is 8.25. The molecule has 1 unspecified atom stereocenters. The normalized spacial score (nSPS) is 9.20. The van der Waals surface area contributed by atoms with Gasteiger partial charge in [-0.25, -0.2) is 15.0 Å². The van der Waals surface area contributed by atoms with E-state index in [1.54, 1.807) is 12.5 Å². The summed E-state index contributed by atoms with van der Waals surface area (Å²) in [7, 11) is 0. The predicted molar refractivity (Wildman–Crippen MR) is 41.6 cm³/mol. The summed E-state index contributed by atoms with van der Waals surface area (Å²) in [6, 6.07) is 0. The van der Waals surface area contributed by atoms with Gasteiger partial charge in [-0.3, -0.25) is 0 Å². The Morgan fingerprint density at radius 1 is 1.30 bits per heavy atom. The molecule has 52 valence electrons. The van der Waals surface area contributed by atoms with Gasteiger partial charge in [-0.05, 0) is 0 Å². The van der Waals surface area contributed by atoms with E-state index in [-0.39, 0.29) is 18.0 Å². The number of rotatable bonds is 0. The summed E-state index contributed by atoms with van der Waals surface area (Å²) in [6.07, 6.45) is 4.76. The number of fused-ring (bicyclic) bond motifs is 1. The second-order valence-corrected chi connectivity index (χ2v) is 1.66. The number of hydrogen-bond acceptors (Lipinski definition) is 3. The molecule has 0 aromatic carbocycles. The van der Waals surface area contributed by atoms with E-state index in [2.05, 4.69) is 19.9 Å². The minimum atomic E-state index is 0. The van der Waals surface area contributed by atoms with Crippen LogP contribution >= 0.6 is 0 Å². The molecule has 0 aliphatic rings. The molecule has 0 aliphatic carbocycles. The van der Waals surface area contributed by atoms with Gasteiger partial charge in [-0.1, -0.05) is 0 Å². The standard InChI is InChI=1S/C5H4N4.AsH3/c1-4-5(8-2-6-1)9-3-7-4;/h1-3H,(H,6,7,8,9);1H3. The van der Waals surface area contributed by atoms with Gasteiger partial charge in [0.15, 0.2) is 5.65 Å². The molecule has 2 aromatic rings. The summed E-state index contributed by atoms with van der Waals surface area (Å²) in [5.41, 5.74) is 1.59. The summed E-state index contributed by atoms with van der Waals surface area (Å²) in [5.74, 6) is 0. The average Bonchev–Trinajstić information content (AvgIpc) is 2.33. The van der Waals surface area contributed by atoms with E-state index in [0.29, 0.717) is 5.65 Å². The van der Waals surface area contributed by atoms with E-state index in [1.807, 2.05) is 0 Å². The first-order valence-electron chi connectivity index (χ1n) is 2.56. The van der Waals surface area contributed by atoms with Gasteiger partial charge in [0, 0.05) is 0 Å². The van der Waals surface area contributed by atoms with Crippen LogP contribution < -0.4 is 0 Å². The fourth-order valence-electron chi connectivity index (χ4n) is 0.691. The third-order valence-corrected chi connectivity index (χ3v) is 1.10. The van der Waals surface area contributed by atoms with Crippen LogP contribution in [0.15, 0.2) is 18.9 Å². The van der Waals surface area contributed by atoms with E-state index < -0.39 is 0 Å². The quantitative estimate of drug-likeness (QED) is 0.562. The fraction of sp³-hybridized carbons (Fsp3) is 0. The van der Waals surface area contributed by atoms with Gasteiger partial charge in [-0.2, -0.15) is 0 Å². The van der Waals surface area contributed by atoms with Crippen molar-refractivity contribution in [3.63, 3.8) is 0 Å². The monoisotopic (exact) mass is 198 g/mol. The summed E-state index contributed by atoms with van der Waals surface area (Å²) in [4.78, 5) is 14.5. The minimum absolute atomic E-state index is 0. The molecule has 0 saturated heterocycles. The Hall–Kier alpha value is -0.892. The van der Waals surface area contributed by atoms with Gasteiger partial charge in [-0.15, -0.1) is 0 Å². The molecule has 2 aromatic heterocycles. The van der Waals surface area contributed by atoms with Crippen LogP contribution in [0.2, 0.25) is 0 Å². The first kappa shape index (κ1) is 7.22. The largest absolute Gasteiger partial charge is 0.342 e. The Labute approximate surface area is 68.4 Å². The van der Waals surface area contributed by atoms with Crippen LogP contribution in [0.4, 0.5) is 0 Å². The van der Waals surface area contributed by atoms with Crippen molar-refractivity contribution in [2.24, 2.45) is 0 Å². The smallest absolute Gasteiger partial charge is 0.180 e. The molecule has 0 bridgehead atoms. The fourth-order valence-corrected chi connectivity index (χ4v) is 0.691. The van der Waals surface area contributed by atoms with Crippen molar-refractivity contribution in [2.45, 2.75) is 0 Å². The maximum absolute atomic E-state index is 3.91. The number of imidazole rings is 1. The first-order chi connectivity index (χ1) is 4.47. The molecule has 4 nitrogen and oxygen atoms in total. The molecule has 0 aliphatic heterocycles. The van der Waals surface area contributed by atoms with E-state index in [9.17, 15) is 0 Å². The third kappa shape index (κ3) is 1.02. The van der Waals surface area contributed by atoms with Gasteiger partial charge in [0.1, 0.15) is 11.8 Å². The van der Waals surface area contributed by atoms with E-state index in [4.69, 9.17) is 0 Å². The predicted octanol–water partition coefficient (Wildman–Crippen LogP) is -0.831. The molecule has 2 heterocycles. The Bertz CT molecular complexity index is 288. The zero-order valence-electron chi connectivity index (χ0n) is 5.28. The van der Waals surface area contributed by atoms with Crippen LogP contribution in [0.1, 0.15) is 0 Å². The maximum atomic E-state index is 3.91. The van der Waals surface area contributed by atoms with Crippen molar-refractivity contribution in [1.82, 2.24) is 19.9 Å². The molecular formula is C5H7AsN4. The van der Waals surface area contributed by atoms with Crippen molar-refractivity contribution >= 4 is 29.1 Å². The van der Waals surface area contributed by atoms with Gasteiger partial charge in [0.2, 0.25) is 0 Å². The Morgan fingerprint density at radius 2 is 2.20 bits per heavy atom. The maximum Gasteiger partial charge on any atom is 0.180 e. The van der Waals surface area contributed by atoms with Crippen molar-refractivity contribution in [1.29, 1.82) is 0 Å². The molecule has 10 heavy (non-hydrogen) atoms. The summed E-state index contributed by atoms with van der Waals surface area (Å²) in [6.45, 7) is 0. The molecule has 1 atom stereocenters. The molecule has 0 amide bonds. The van der Waals surface area contributed by atoms with E-state index in [1.165, 1.54) is 6.33 Å². The SMILES string of the molecule is [AsH3].c1ncc2[nH]cnc2n1. The first-order valence-corrected chi connectivity index (χ1v) is 2.56. The molecule has 0 radical (unpaired) electrons. The number of nitrogens with zero attached hydrogens (tertiary/aromatic N) is 3. The van der Waals surface area contributed by atoms with Crippen LogP contribution in [0.5, 0.6) is 0 Å². The summed E-state index contributed by atoms with van der Waals surface area (Å²) < 4.78 is 0. The molecule has 0 fully saturated rings. The third-order valence-electron chi connectivity index (χ3n) is 1.10. The number of aromatic amines is 1. The molecule has 2 rings (SSSR count). The summed E-state index contributed by atoms with van der Waals surface area (Å²) >= 11 is 0. The Morgan fingerprint density at radius 3 is 3.00 bits per heavy atom. The zero-order chi connectivity index (χ0) is 6.10. The van der Waals surface area contributed by atoms with Crippen LogP contribution in [-0.4, -0.2) is 37.9 Å². The topological polar surface area (TPSA) is 54.5 Å². The van der Waals surface area contributed by atoms with Crippen LogP contribution in [0, 0.1) is 0 Å². The van der Waals surface area contributed by atoms with Crippen molar-refractivity contribution in [3.8, 4) is 0 Å². The number of nitrogens with one attached hydrogen (secondary N) is 1. The van der Waals surface area contributed by atoms with Gasteiger partial charge in [0.05, 0.1) is 12.5 Å². The molecule has 1 N–H and O–H groups in total. The van der Waals surface area contributed by atoms with Gasteiger partial charge in [0.25, 0.3) is 0 Å². The second kappa shape index (κ2) is 2.79. The van der Waals surface area contributed by atoms with Crippen molar-refractivity contribution < 1.29 is 0 Å². The van der Waals surface area contributed by atoms with Crippen molar-refractivity contribution in [3.05, 3.63) is 18.9 Å². The molecule has 0 saturated carbocycles. The Balaban J connectivity index is 0.000000500. The van der Waals surface area contributed by atoms with E-state index in [0.717, 1.165) is 5.52 Å². The van der Waals surface area contributed by atoms with Crippen molar-refractivity contribution in [2.75, 3.05) is 0 Å². The average molecular weight is 198 g/mol. The number of aromatic nitrogens is 4. The second-order valence-electron chi connectivity index (χ2n) is 1.66. The van der Waals surface area contributed by atoms with Crippen LogP contribution in [0.25, 0.3) is 11.2 Å².